The van der Waals surface area contributed by atoms with Crippen LogP contribution in [0.15, 0.2) is 47.6 Å². The van der Waals surface area contributed by atoms with Crippen LogP contribution in [-0.2, 0) is 41.5 Å². The quantitative estimate of drug-likeness (QED) is 0.134. The molecule has 4 aliphatic rings. The predicted octanol–water partition coefficient (Wildman–Crippen LogP) is 14.1. The molecule has 0 saturated carbocycles. The van der Waals surface area contributed by atoms with Crippen LogP contribution in [0.5, 0.6) is 23.0 Å². The molecular weight excluding hydrogens is 952 g/mol. The molecule has 2 aromatic rings. The maximum atomic E-state index is 11.6. The number of rotatable bonds is 14. The Labute approximate surface area is 380 Å². The number of unbranched alkanes of at least 4 members (excludes halogenated alkanes) is 6. The second-order valence-corrected chi connectivity index (χ2v) is 20.0. The van der Waals surface area contributed by atoms with E-state index in [0.29, 0.717) is 36.8 Å². The molecule has 8 N–H and O–H groups in total. The first-order valence-corrected chi connectivity index (χ1v) is 22.1. The minimum Gasteiger partial charge on any atom is -0.693 e. The third kappa shape index (κ3) is 12.0. The standard InChI is InChI=1S/2C25H36O4.2H2N.Pt/c2*1-6-7-8-9-12-24(2,3)17-14-20(26)22-18-13-16(23(27)28)10-11-19(18)25(4,5)29-21(22)15-17;;;/h2*10,14-15,18-19,26H,6-9,11-13H2,1-5H3,(H,27,28);2*1H2;/q;;2*-1;+2/t2*18-,19-;;;/m11.../s1. The Morgan fingerprint density at radius 2 is 0.967 bits per heavy atom. The number of aliphatic carboxylic acids is 2. The predicted molar refractivity (Wildman–Crippen MR) is 242 cm³/mol. The fraction of sp³-hybridized carbons (Fsp3) is 0.640. The van der Waals surface area contributed by atoms with Gasteiger partial charge in [0.05, 0.1) is 0 Å². The molecule has 0 radical (unpaired) electrons. The van der Waals surface area contributed by atoms with Gasteiger partial charge in [0.25, 0.3) is 0 Å². The van der Waals surface area contributed by atoms with Gasteiger partial charge in [-0.05, 0) is 112 Å². The average molecular weight is 1030 g/mol. The van der Waals surface area contributed by atoms with Gasteiger partial charge < -0.3 is 42.2 Å². The number of carboxylic acid groups (broad SMARTS) is 2. The Balaban J connectivity index is 0.000000400. The summed E-state index contributed by atoms with van der Waals surface area (Å²) >= 11 is 0. The van der Waals surface area contributed by atoms with E-state index in [-0.39, 0.29) is 79.4 Å². The molecule has 2 heterocycles. The molecule has 0 amide bonds. The fourth-order valence-electron chi connectivity index (χ4n) is 10.2. The number of nitrogens with two attached hydrogens (primary N) is 2. The first-order valence-electron chi connectivity index (χ1n) is 22.1. The summed E-state index contributed by atoms with van der Waals surface area (Å²) in [5.41, 5.74) is 3.70. The van der Waals surface area contributed by atoms with E-state index in [1.165, 1.54) is 51.4 Å². The SMILES string of the molecule is CCCCCCC(C)(C)c1cc(O)c2c(c1)OC(C)(C)[C@@H]1CC=C(C(=O)O)C[C@@H]21.CCCCCCC(C)(C)c1cc(O)c2c(c1)OC(C)(C)[C@@H]1CC=C(C(=O)O)C[C@@H]21.[NH2-].[NH2-].[Pt+2]. The van der Waals surface area contributed by atoms with Crippen LogP contribution in [0.1, 0.15) is 193 Å². The third-order valence-electron chi connectivity index (χ3n) is 14.0. The first kappa shape index (κ1) is 53.8. The van der Waals surface area contributed by atoms with Gasteiger partial charge in [0.1, 0.15) is 34.2 Å². The largest absolute Gasteiger partial charge is 2.00 e. The number of aromatic hydroxyl groups is 2. The number of carbonyl (C=O) groups is 2. The number of hydrogen-bond donors (Lipinski definition) is 4. The minimum atomic E-state index is -0.862. The molecule has 11 heteroatoms. The number of allylic oxidation sites excluding steroid dienone is 2. The maximum absolute atomic E-state index is 11.6. The van der Waals surface area contributed by atoms with E-state index in [0.717, 1.165) is 46.6 Å². The number of hydrogen-bond acceptors (Lipinski definition) is 6. The van der Waals surface area contributed by atoms with E-state index in [4.69, 9.17) is 9.47 Å². The van der Waals surface area contributed by atoms with Crippen LogP contribution in [0.3, 0.4) is 0 Å². The van der Waals surface area contributed by atoms with E-state index >= 15 is 0 Å². The van der Waals surface area contributed by atoms with Crippen LogP contribution in [0.25, 0.3) is 12.3 Å². The Morgan fingerprint density at radius 1 is 0.623 bits per heavy atom. The van der Waals surface area contributed by atoms with Gasteiger partial charge in [0, 0.05) is 45.9 Å². The molecule has 0 saturated heterocycles. The van der Waals surface area contributed by atoms with Crippen molar-refractivity contribution >= 4 is 11.9 Å². The van der Waals surface area contributed by atoms with Crippen LogP contribution in [0.2, 0.25) is 0 Å². The first-order chi connectivity index (χ1) is 27.1. The number of ether oxygens (including phenoxy) is 2. The van der Waals surface area contributed by atoms with Crippen molar-refractivity contribution < 1.29 is 60.6 Å². The number of carboxylic acids is 2. The summed E-state index contributed by atoms with van der Waals surface area (Å²) in [6, 6.07) is 7.95. The Hall–Kier alpha value is -3.33. The number of phenolic OH excluding ortho intramolecular Hbond substituents is 2. The monoisotopic (exact) mass is 1030 g/mol. The zero-order valence-corrected chi connectivity index (χ0v) is 40.8. The maximum Gasteiger partial charge on any atom is 2.00 e. The minimum absolute atomic E-state index is 0. The molecule has 2 aromatic carbocycles. The van der Waals surface area contributed by atoms with E-state index in [1.54, 1.807) is 0 Å². The summed E-state index contributed by atoms with van der Waals surface area (Å²) in [4.78, 5) is 23.1. The molecule has 4 atom stereocenters. The Morgan fingerprint density at radius 3 is 1.28 bits per heavy atom. The molecule has 61 heavy (non-hydrogen) atoms. The second-order valence-electron chi connectivity index (χ2n) is 20.0. The van der Waals surface area contributed by atoms with Crippen LogP contribution in [0, 0.1) is 11.8 Å². The topological polar surface area (TPSA) is 201 Å². The van der Waals surface area contributed by atoms with E-state index < -0.39 is 23.1 Å². The van der Waals surface area contributed by atoms with Gasteiger partial charge in [-0.15, -0.1) is 0 Å². The van der Waals surface area contributed by atoms with Crippen molar-refractivity contribution in [2.45, 2.75) is 193 Å². The van der Waals surface area contributed by atoms with Crippen molar-refractivity contribution in [2.24, 2.45) is 11.8 Å². The smallest absolute Gasteiger partial charge is 0.693 e. The van der Waals surface area contributed by atoms with Gasteiger partial charge >= 0.3 is 33.0 Å². The fourth-order valence-corrected chi connectivity index (χ4v) is 10.2. The molecule has 10 nitrogen and oxygen atoms in total. The summed E-state index contributed by atoms with van der Waals surface area (Å²) in [5.74, 6) is 0.441. The average Bonchev–Trinajstić information content (AvgIpc) is 3.14. The van der Waals surface area contributed by atoms with Gasteiger partial charge in [0.15, 0.2) is 0 Å². The summed E-state index contributed by atoms with van der Waals surface area (Å²) in [6.07, 6.45) is 17.7. The van der Waals surface area contributed by atoms with Gasteiger partial charge in [-0.25, -0.2) is 9.59 Å². The van der Waals surface area contributed by atoms with Gasteiger partial charge in [-0.2, -0.15) is 0 Å². The number of phenols is 2. The molecule has 0 bridgehead atoms. The van der Waals surface area contributed by atoms with Crippen molar-refractivity contribution in [1.82, 2.24) is 0 Å². The van der Waals surface area contributed by atoms with Crippen molar-refractivity contribution in [2.75, 3.05) is 0 Å². The summed E-state index contributed by atoms with van der Waals surface area (Å²) in [5, 5.41) is 41.0. The van der Waals surface area contributed by atoms with Crippen molar-refractivity contribution in [3.63, 3.8) is 0 Å². The van der Waals surface area contributed by atoms with Crippen LogP contribution in [-0.4, -0.2) is 43.6 Å². The number of fused-ring (bicyclic) bond motifs is 6. The molecular formula is C50H76N2O8Pt. The summed E-state index contributed by atoms with van der Waals surface area (Å²) in [7, 11) is 0. The van der Waals surface area contributed by atoms with Gasteiger partial charge in [-0.1, -0.05) is 105 Å². The molecule has 0 unspecified atom stereocenters. The Bertz CT molecular complexity index is 1760. The third-order valence-corrected chi connectivity index (χ3v) is 14.0. The summed E-state index contributed by atoms with van der Waals surface area (Å²) < 4.78 is 12.8. The molecule has 0 fully saturated rings. The summed E-state index contributed by atoms with van der Waals surface area (Å²) in [6.45, 7) is 21.6. The molecule has 2 aliphatic heterocycles. The molecule has 6 rings (SSSR count). The molecule has 0 spiro atoms. The molecule has 2 aliphatic carbocycles. The zero-order valence-electron chi connectivity index (χ0n) is 38.6. The number of benzene rings is 2. The van der Waals surface area contributed by atoms with Gasteiger partial charge in [0.2, 0.25) is 0 Å². The van der Waals surface area contributed by atoms with E-state index in [1.807, 2.05) is 24.3 Å². The molecule has 344 valence electrons. The zero-order chi connectivity index (χ0) is 42.8. The van der Waals surface area contributed by atoms with Crippen molar-refractivity contribution in [3.05, 3.63) is 82.1 Å². The van der Waals surface area contributed by atoms with Crippen LogP contribution in [0.4, 0.5) is 0 Å². The van der Waals surface area contributed by atoms with E-state index in [2.05, 4.69) is 81.4 Å². The van der Waals surface area contributed by atoms with Crippen molar-refractivity contribution in [1.29, 1.82) is 0 Å². The normalized spacial score (nSPS) is 21.7. The van der Waals surface area contributed by atoms with E-state index in [9.17, 15) is 30.0 Å². The van der Waals surface area contributed by atoms with Gasteiger partial charge in [-0.3, -0.25) is 0 Å². The van der Waals surface area contributed by atoms with Crippen LogP contribution < -0.4 is 9.47 Å². The second kappa shape index (κ2) is 21.4. The van der Waals surface area contributed by atoms with Crippen LogP contribution >= 0.6 is 0 Å². The molecule has 0 aromatic heterocycles. The Kier molecular flexibility index (Phi) is 18.8. The van der Waals surface area contributed by atoms with Crippen molar-refractivity contribution in [3.8, 4) is 23.0 Å².